The van der Waals surface area contributed by atoms with Gasteiger partial charge in [0.2, 0.25) is 0 Å². The largest absolute Gasteiger partial charge is 0.370 e. The summed E-state index contributed by atoms with van der Waals surface area (Å²) in [5, 5.41) is 3.50. The van der Waals surface area contributed by atoms with Crippen LogP contribution in [0.2, 0.25) is 0 Å². The molecule has 2 aliphatic rings. The minimum absolute atomic E-state index is 0.904. The maximum Gasteiger partial charge on any atom is 0.126 e. The van der Waals surface area contributed by atoms with Crippen molar-refractivity contribution < 1.29 is 0 Å². The molecular formula is C14H20N2. The van der Waals surface area contributed by atoms with E-state index in [1.807, 2.05) is 12.3 Å². The van der Waals surface area contributed by atoms with E-state index in [0.717, 1.165) is 30.1 Å². The Morgan fingerprint density at radius 2 is 2.31 bits per heavy atom. The van der Waals surface area contributed by atoms with Gasteiger partial charge in [-0.2, -0.15) is 0 Å². The summed E-state index contributed by atoms with van der Waals surface area (Å²) in [5.41, 5.74) is 1.28. The molecule has 1 heterocycles. The summed E-state index contributed by atoms with van der Waals surface area (Å²) in [6, 6.07) is 4.18. The molecule has 2 aliphatic carbocycles. The van der Waals surface area contributed by atoms with E-state index in [1.165, 1.54) is 31.2 Å². The van der Waals surface area contributed by atoms with Crippen molar-refractivity contribution in [3.8, 4) is 0 Å². The molecule has 2 fully saturated rings. The lowest BCUT2D eigenvalue weighted by molar-refractivity contribution is 0.348. The molecule has 0 amide bonds. The third kappa shape index (κ3) is 1.93. The Morgan fingerprint density at radius 3 is 3.00 bits per heavy atom. The van der Waals surface area contributed by atoms with Crippen LogP contribution in [0.15, 0.2) is 18.3 Å². The van der Waals surface area contributed by atoms with Crippen LogP contribution in [0.1, 0.15) is 31.2 Å². The molecule has 2 heteroatoms. The fourth-order valence-electron chi connectivity index (χ4n) is 3.49. The smallest absolute Gasteiger partial charge is 0.126 e. The number of fused-ring (bicyclic) bond motifs is 2. The van der Waals surface area contributed by atoms with Crippen molar-refractivity contribution in [2.45, 2.75) is 32.6 Å². The zero-order valence-electron chi connectivity index (χ0n) is 9.95. The first-order valence-electron chi connectivity index (χ1n) is 6.48. The molecule has 0 saturated heterocycles. The van der Waals surface area contributed by atoms with Gasteiger partial charge in [-0.25, -0.2) is 4.98 Å². The van der Waals surface area contributed by atoms with Gasteiger partial charge in [-0.3, -0.25) is 0 Å². The van der Waals surface area contributed by atoms with Gasteiger partial charge in [0.05, 0.1) is 0 Å². The molecule has 0 radical (unpaired) electrons. The van der Waals surface area contributed by atoms with Gasteiger partial charge in [0.15, 0.2) is 0 Å². The van der Waals surface area contributed by atoms with Crippen LogP contribution < -0.4 is 5.32 Å². The van der Waals surface area contributed by atoms with E-state index in [0.29, 0.717) is 0 Å². The number of hydrogen-bond donors (Lipinski definition) is 1. The molecule has 3 unspecified atom stereocenters. The van der Waals surface area contributed by atoms with E-state index in [4.69, 9.17) is 0 Å². The van der Waals surface area contributed by atoms with E-state index in [9.17, 15) is 0 Å². The number of rotatable bonds is 3. The number of aryl methyl sites for hydroxylation is 1. The van der Waals surface area contributed by atoms with Crippen LogP contribution in [-0.2, 0) is 0 Å². The third-order valence-electron chi connectivity index (χ3n) is 4.35. The Kier molecular flexibility index (Phi) is 2.58. The van der Waals surface area contributed by atoms with Gasteiger partial charge in [0.25, 0.3) is 0 Å². The summed E-state index contributed by atoms with van der Waals surface area (Å²) < 4.78 is 0. The van der Waals surface area contributed by atoms with Crippen molar-refractivity contribution in [3.63, 3.8) is 0 Å². The molecule has 86 valence electrons. The highest BCUT2D eigenvalue weighted by atomic mass is 15.0. The zero-order valence-corrected chi connectivity index (χ0v) is 9.95. The number of hydrogen-bond acceptors (Lipinski definition) is 2. The first kappa shape index (κ1) is 10.1. The average molecular weight is 216 g/mol. The van der Waals surface area contributed by atoms with Gasteiger partial charge < -0.3 is 5.32 Å². The highest BCUT2D eigenvalue weighted by Crippen LogP contribution is 2.48. The Bertz CT molecular complexity index is 375. The molecule has 1 aromatic rings. The maximum atomic E-state index is 4.35. The van der Waals surface area contributed by atoms with Crippen LogP contribution in [0.5, 0.6) is 0 Å². The molecule has 16 heavy (non-hydrogen) atoms. The van der Waals surface area contributed by atoms with Crippen LogP contribution in [0.3, 0.4) is 0 Å². The minimum Gasteiger partial charge on any atom is -0.370 e. The fourth-order valence-corrected chi connectivity index (χ4v) is 3.49. The van der Waals surface area contributed by atoms with Crippen LogP contribution >= 0.6 is 0 Å². The molecule has 3 atom stereocenters. The van der Waals surface area contributed by atoms with Gasteiger partial charge >= 0.3 is 0 Å². The topological polar surface area (TPSA) is 24.9 Å². The van der Waals surface area contributed by atoms with Crippen molar-refractivity contribution in [2.24, 2.45) is 17.8 Å². The van der Waals surface area contributed by atoms with Crippen molar-refractivity contribution in [3.05, 3.63) is 23.9 Å². The van der Waals surface area contributed by atoms with Crippen LogP contribution in [0, 0.1) is 24.7 Å². The van der Waals surface area contributed by atoms with E-state index in [1.54, 1.807) is 0 Å². The van der Waals surface area contributed by atoms with Gasteiger partial charge in [-0.15, -0.1) is 0 Å². The quantitative estimate of drug-likeness (QED) is 0.839. The molecule has 2 nitrogen and oxygen atoms in total. The molecule has 1 N–H and O–H groups in total. The van der Waals surface area contributed by atoms with E-state index in [2.05, 4.69) is 23.3 Å². The number of anilines is 1. The predicted octanol–water partition coefficient (Wildman–Crippen LogP) is 3.24. The molecule has 0 aliphatic heterocycles. The number of pyridine rings is 1. The van der Waals surface area contributed by atoms with Gasteiger partial charge in [0.1, 0.15) is 5.82 Å². The second kappa shape index (κ2) is 4.08. The summed E-state index contributed by atoms with van der Waals surface area (Å²) >= 11 is 0. The Balaban J connectivity index is 1.57. The molecule has 2 bridgehead atoms. The van der Waals surface area contributed by atoms with Crippen LogP contribution in [0.25, 0.3) is 0 Å². The van der Waals surface area contributed by atoms with Crippen molar-refractivity contribution in [1.82, 2.24) is 4.98 Å². The summed E-state index contributed by atoms with van der Waals surface area (Å²) in [7, 11) is 0. The SMILES string of the molecule is Cc1ccnc(NCC2CC3CCC2C3)c1. The van der Waals surface area contributed by atoms with Crippen LogP contribution in [0.4, 0.5) is 5.82 Å². The molecule has 1 aromatic heterocycles. The van der Waals surface area contributed by atoms with Crippen molar-refractivity contribution in [2.75, 3.05) is 11.9 Å². The standard InChI is InChI=1S/C14H20N2/c1-10-4-5-15-14(6-10)16-9-13-8-11-2-3-12(13)7-11/h4-6,11-13H,2-3,7-9H2,1H3,(H,15,16). The Labute approximate surface area is 97.5 Å². The third-order valence-corrected chi connectivity index (χ3v) is 4.35. The Hall–Kier alpha value is -1.05. The summed E-state index contributed by atoms with van der Waals surface area (Å²) in [5.74, 6) is 3.99. The molecule has 0 aromatic carbocycles. The molecule has 3 rings (SSSR count). The monoisotopic (exact) mass is 216 g/mol. The molecular weight excluding hydrogens is 196 g/mol. The highest BCUT2D eigenvalue weighted by Gasteiger charge is 2.38. The van der Waals surface area contributed by atoms with E-state index >= 15 is 0 Å². The second-order valence-electron chi connectivity index (χ2n) is 5.53. The zero-order chi connectivity index (χ0) is 11.0. The molecule has 0 spiro atoms. The van der Waals surface area contributed by atoms with E-state index < -0.39 is 0 Å². The fraction of sp³-hybridized carbons (Fsp3) is 0.643. The normalized spacial score (nSPS) is 31.9. The number of aromatic nitrogens is 1. The summed E-state index contributed by atoms with van der Waals surface area (Å²) in [6.45, 7) is 3.24. The van der Waals surface area contributed by atoms with Crippen LogP contribution in [-0.4, -0.2) is 11.5 Å². The lowest BCUT2D eigenvalue weighted by Crippen LogP contribution is -2.20. The first-order valence-corrected chi connectivity index (χ1v) is 6.48. The van der Waals surface area contributed by atoms with Crippen molar-refractivity contribution in [1.29, 1.82) is 0 Å². The number of nitrogens with zero attached hydrogens (tertiary/aromatic N) is 1. The average Bonchev–Trinajstić information content (AvgIpc) is 2.88. The first-order chi connectivity index (χ1) is 7.81. The summed E-state index contributed by atoms with van der Waals surface area (Å²) in [4.78, 5) is 4.35. The minimum atomic E-state index is 0.904. The summed E-state index contributed by atoms with van der Waals surface area (Å²) in [6.07, 6.45) is 7.79. The maximum absolute atomic E-state index is 4.35. The number of nitrogens with one attached hydrogen (secondary N) is 1. The van der Waals surface area contributed by atoms with Crippen molar-refractivity contribution >= 4 is 5.82 Å². The molecule has 2 saturated carbocycles. The van der Waals surface area contributed by atoms with Gasteiger partial charge in [-0.1, -0.05) is 6.42 Å². The van der Waals surface area contributed by atoms with Gasteiger partial charge in [0, 0.05) is 12.7 Å². The second-order valence-corrected chi connectivity index (χ2v) is 5.53. The van der Waals surface area contributed by atoms with E-state index in [-0.39, 0.29) is 0 Å². The lowest BCUT2D eigenvalue weighted by atomic mass is 9.89. The highest BCUT2D eigenvalue weighted by molar-refractivity contribution is 5.37. The lowest BCUT2D eigenvalue weighted by Gasteiger charge is -2.22. The van der Waals surface area contributed by atoms with Gasteiger partial charge in [-0.05, 0) is 61.6 Å². The predicted molar refractivity (Wildman–Crippen MR) is 66.4 cm³/mol. The Morgan fingerprint density at radius 1 is 1.38 bits per heavy atom.